The van der Waals surface area contributed by atoms with Crippen LogP contribution in [0.15, 0.2) is 78.9 Å². The monoisotopic (exact) mass is 406 g/mol. The molecule has 148 valence electrons. The first-order chi connectivity index (χ1) is 14.1. The minimum atomic E-state index is -0.305. The summed E-state index contributed by atoms with van der Waals surface area (Å²) in [6.07, 6.45) is 0. The van der Waals surface area contributed by atoms with Gasteiger partial charge in [0.15, 0.2) is 5.11 Å². The molecule has 3 aromatic rings. The van der Waals surface area contributed by atoms with Gasteiger partial charge in [0.05, 0.1) is 0 Å². The van der Waals surface area contributed by atoms with E-state index < -0.39 is 0 Å². The third-order valence-electron chi connectivity index (χ3n) is 3.96. The van der Waals surface area contributed by atoms with Gasteiger partial charge in [0.2, 0.25) is 0 Å². The molecule has 0 saturated heterocycles. The van der Waals surface area contributed by atoms with Crippen LogP contribution in [0.5, 0.6) is 11.5 Å². The van der Waals surface area contributed by atoms with E-state index >= 15 is 0 Å². The summed E-state index contributed by atoms with van der Waals surface area (Å²) in [6, 6.07) is 24.2. The van der Waals surface area contributed by atoms with Gasteiger partial charge in [-0.1, -0.05) is 36.4 Å². The molecule has 1 amide bonds. The van der Waals surface area contributed by atoms with E-state index in [1.807, 2.05) is 61.5 Å². The molecule has 0 bridgehead atoms. The molecule has 3 aromatic carbocycles. The van der Waals surface area contributed by atoms with E-state index in [-0.39, 0.29) is 11.0 Å². The maximum absolute atomic E-state index is 12.5. The summed E-state index contributed by atoms with van der Waals surface area (Å²) in [4.78, 5) is 12.5. The van der Waals surface area contributed by atoms with E-state index in [1.165, 1.54) is 0 Å². The lowest BCUT2D eigenvalue weighted by Gasteiger charge is -2.11. The van der Waals surface area contributed by atoms with Crippen molar-refractivity contribution in [2.24, 2.45) is 0 Å². The largest absolute Gasteiger partial charge is 0.490 e. The van der Waals surface area contributed by atoms with Crippen molar-refractivity contribution in [2.75, 3.05) is 18.5 Å². The zero-order chi connectivity index (χ0) is 20.5. The first-order valence-electron chi connectivity index (χ1n) is 9.20. The molecule has 0 atom stereocenters. The molecule has 2 N–H and O–H groups in total. The molecule has 0 aliphatic rings. The number of hydrogen-bond donors (Lipinski definition) is 2. The number of hydrogen-bond acceptors (Lipinski definition) is 4. The van der Waals surface area contributed by atoms with Crippen LogP contribution < -0.4 is 20.1 Å². The fourth-order valence-electron chi connectivity index (χ4n) is 2.62. The summed E-state index contributed by atoms with van der Waals surface area (Å²) < 4.78 is 11.3. The average molecular weight is 407 g/mol. The van der Waals surface area contributed by atoms with Crippen molar-refractivity contribution in [1.82, 2.24) is 5.32 Å². The molecule has 0 heterocycles. The van der Waals surface area contributed by atoms with Crippen LogP contribution in [0.3, 0.4) is 0 Å². The maximum atomic E-state index is 12.5. The topological polar surface area (TPSA) is 59.6 Å². The Kier molecular flexibility index (Phi) is 7.19. The number of benzene rings is 3. The Hall–Kier alpha value is -3.38. The number of thiocarbonyl (C=S) groups is 1. The fourth-order valence-corrected chi connectivity index (χ4v) is 2.83. The van der Waals surface area contributed by atoms with Crippen molar-refractivity contribution in [3.05, 3.63) is 90.0 Å². The summed E-state index contributed by atoms with van der Waals surface area (Å²) in [6.45, 7) is 2.77. The lowest BCUT2D eigenvalue weighted by atomic mass is 10.2. The van der Waals surface area contributed by atoms with Gasteiger partial charge in [0.1, 0.15) is 24.7 Å². The van der Waals surface area contributed by atoms with Crippen LogP contribution in [-0.2, 0) is 0 Å². The molecule has 0 aliphatic heterocycles. The quantitative estimate of drug-likeness (QED) is 0.444. The number of nitrogens with one attached hydrogen (secondary N) is 2. The molecule has 0 fully saturated rings. The number of ether oxygens (including phenoxy) is 2. The second-order valence-corrected chi connectivity index (χ2v) is 6.72. The number of para-hydroxylation sites is 1. The highest BCUT2D eigenvalue weighted by molar-refractivity contribution is 7.80. The third kappa shape index (κ3) is 6.62. The number of carbonyl (C=O) groups is 1. The third-order valence-corrected chi connectivity index (χ3v) is 4.17. The van der Waals surface area contributed by atoms with Gasteiger partial charge in [0.25, 0.3) is 5.91 Å². The summed E-state index contributed by atoms with van der Waals surface area (Å²) >= 11 is 5.23. The van der Waals surface area contributed by atoms with E-state index in [1.54, 1.807) is 24.3 Å². The number of anilines is 1. The van der Waals surface area contributed by atoms with Crippen molar-refractivity contribution in [1.29, 1.82) is 0 Å². The minimum absolute atomic E-state index is 0.239. The molecule has 6 heteroatoms. The Bertz CT molecular complexity index is 977. The van der Waals surface area contributed by atoms with Crippen molar-refractivity contribution in [3.8, 4) is 11.5 Å². The lowest BCUT2D eigenvalue weighted by molar-refractivity contribution is 0.0977. The van der Waals surface area contributed by atoms with E-state index in [4.69, 9.17) is 21.7 Å². The first kappa shape index (κ1) is 20.4. The summed E-state index contributed by atoms with van der Waals surface area (Å²) in [7, 11) is 0. The Morgan fingerprint density at radius 1 is 0.862 bits per heavy atom. The van der Waals surface area contributed by atoms with Crippen LogP contribution in [0.2, 0.25) is 0 Å². The Morgan fingerprint density at radius 3 is 2.31 bits per heavy atom. The summed E-state index contributed by atoms with van der Waals surface area (Å²) in [5.74, 6) is 1.08. The van der Waals surface area contributed by atoms with Crippen molar-refractivity contribution < 1.29 is 14.3 Å². The molecule has 0 unspecified atom stereocenters. The van der Waals surface area contributed by atoms with Gasteiger partial charge in [-0.2, -0.15) is 0 Å². The standard InChI is InChI=1S/C23H22N2O3S/c1-17-7-5-9-19(15-17)24-23(29)25-22(26)18-8-6-12-21(16-18)28-14-13-27-20-10-3-2-4-11-20/h2-12,15-16H,13-14H2,1H3,(H2,24,25,26,29). The van der Waals surface area contributed by atoms with Crippen LogP contribution in [-0.4, -0.2) is 24.2 Å². The molecule has 0 radical (unpaired) electrons. The Labute approximate surface area is 175 Å². The van der Waals surface area contributed by atoms with E-state index in [9.17, 15) is 4.79 Å². The predicted molar refractivity (Wildman–Crippen MR) is 119 cm³/mol. The minimum Gasteiger partial charge on any atom is -0.490 e. The number of carbonyl (C=O) groups excluding carboxylic acids is 1. The zero-order valence-electron chi connectivity index (χ0n) is 16.1. The van der Waals surface area contributed by atoms with E-state index in [0.29, 0.717) is 24.5 Å². The summed E-state index contributed by atoms with van der Waals surface area (Å²) in [5, 5.41) is 5.93. The molecular formula is C23H22N2O3S. The molecular weight excluding hydrogens is 384 g/mol. The molecule has 5 nitrogen and oxygen atoms in total. The van der Waals surface area contributed by atoms with Gasteiger partial charge in [-0.05, 0) is 67.2 Å². The highest BCUT2D eigenvalue weighted by atomic mass is 32.1. The maximum Gasteiger partial charge on any atom is 0.257 e. The molecule has 0 aliphatic carbocycles. The van der Waals surface area contributed by atoms with Crippen LogP contribution in [0.25, 0.3) is 0 Å². The first-order valence-corrected chi connectivity index (χ1v) is 9.61. The summed E-state index contributed by atoms with van der Waals surface area (Å²) in [5.41, 5.74) is 2.39. The molecule has 3 rings (SSSR count). The van der Waals surface area contributed by atoms with Gasteiger partial charge in [0, 0.05) is 11.3 Å². The number of amides is 1. The predicted octanol–water partition coefficient (Wildman–Crippen LogP) is 4.58. The molecule has 0 aromatic heterocycles. The smallest absolute Gasteiger partial charge is 0.257 e. The van der Waals surface area contributed by atoms with Gasteiger partial charge in [-0.25, -0.2) is 0 Å². The number of aryl methyl sites for hydroxylation is 1. The van der Waals surface area contributed by atoms with Crippen LogP contribution >= 0.6 is 12.2 Å². The van der Waals surface area contributed by atoms with Crippen LogP contribution in [0.1, 0.15) is 15.9 Å². The Morgan fingerprint density at radius 2 is 1.55 bits per heavy atom. The average Bonchev–Trinajstić information content (AvgIpc) is 2.72. The normalized spacial score (nSPS) is 10.1. The Balaban J connectivity index is 1.48. The molecule has 0 spiro atoms. The van der Waals surface area contributed by atoms with Gasteiger partial charge < -0.3 is 14.8 Å². The lowest BCUT2D eigenvalue weighted by Crippen LogP contribution is -2.34. The second kappa shape index (κ2) is 10.2. The highest BCUT2D eigenvalue weighted by Gasteiger charge is 2.09. The highest BCUT2D eigenvalue weighted by Crippen LogP contribution is 2.14. The van der Waals surface area contributed by atoms with Gasteiger partial charge in [-0.15, -0.1) is 0 Å². The van der Waals surface area contributed by atoms with Crippen molar-refractivity contribution in [2.45, 2.75) is 6.92 Å². The number of rotatable bonds is 7. The van der Waals surface area contributed by atoms with Crippen LogP contribution in [0.4, 0.5) is 5.69 Å². The van der Waals surface area contributed by atoms with E-state index in [0.717, 1.165) is 17.0 Å². The van der Waals surface area contributed by atoms with Gasteiger partial charge >= 0.3 is 0 Å². The SMILES string of the molecule is Cc1cccc(NC(=S)NC(=O)c2cccc(OCCOc3ccccc3)c2)c1. The fraction of sp³-hybridized carbons (Fsp3) is 0.130. The van der Waals surface area contributed by atoms with Crippen molar-refractivity contribution >= 4 is 28.9 Å². The second-order valence-electron chi connectivity index (χ2n) is 6.32. The zero-order valence-corrected chi connectivity index (χ0v) is 16.9. The van der Waals surface area contributed by atoms with E-state index in [2.05, 4.69) is 10.6 Å². The van der Waals surface area contributed by atoms with Crippen molar-refractivity contribution in [3.63, 3.8) is 0 Å². The molecule has 0 saturated carbocycles. The van der Waals surface area contributed by atoms with Crippen LogP contribution in [0, 0.1) is 6.92 Å². The molecule has 29 heavy (non-hydrogen) atoms. The van der Waals surface area contributed by atoms with Gasteiger partial charge in [-0.3, -0.25) is 10.1 Å².